The van der Waals surface area contributed by atoms with Crippen molar-refractivity contribution in [2.24, 2.45) is 0 Å². The second-order valence-electron chi connectivity index (χ2n) is 8.03. The highest BCUT2D eigenvalue weighted by molar-refractivity contribution is 7.54. The van der Waals surface area contributed by atoms with E-state index in [1.165, 1.54) is 0 Å². The van der Waals surface area contributed by atoms with E-state index >= 15 is 0 Å². The van der Waals surface area contributed by atoms with E-state index in [0.29, 0.717) is 39.5 Å². The summed E-state index contributed by atoms with van der Waals surface area (Å²) in [5.41, 5.74) is 2.14. The SMILES string of the molecule is CCOP(=O)(CCN[C@H](c1ccccc1)[C@H](NCCP(=O)(OCC)OCC)c1ccccc1)OCC. The predicted molar refractivity (Wildman–Crippen MR) is 146 cm³/mol. The minimum atomic E-state index is -3.18. The number of hydrogen-bond acceptors (Lipinski definition) is 8. The van der Waals surface area contributed by atoms with Crippen LogP contribution in [-0.2, 0) is 27.2 Å². The van der Waals surface area contributed by atoms with Crippen LogP contribution in [0.2, 0.25) is 0 Å². The molecule has 0 bridgehead atoms. The van der Waals surface area contributed by atoms with Gasteiger partial charge in [-0.15, -0.1) is 0 Å². The highest BCUT2D eigenvalue weighted by Crippen LogP contribution is 2.48. The van der Waals surface area contributed by atoms with Gasteiger partial charge in [-0.3, -0.25) is 9.13 Å². The van der Waals surface area contributed by atoms with Gasteiger partial charge in [-0.2, -0.15) is 0 Å². The lowest BCUT2D eigenvalue weighted by molar-refractivity contribution is 0.217. The molecule has 202 valence electrons. The summed E-state index contributed by atoms with van der Waals surface area (Å²) in [5.74, 6) is 0. The molecule has 36 heavy (non-hydrogen) atoms. The van der Waals surface area contributed by atoms with Crippen molar-refractivity contribution in [3.63, 3.8) is 0 Å². The molecule has 0 unspecified atom stereocenters. The Balaban J connectivity index is 2.27. The number of nitrogens with one attached hydrogen (secondary N) is 2. The molecule has 2 atom stereocenters. The van der Waals surface area contributed by atoms with Gasteiger partial charge in [-0.25, -0.2) is 0 Å². The van der Waals surface area contributed by atoms with Gasteiger partial charge < -0.3 is 28.7 Å². The third-order valence-corrected chi connectivity index (χ3v) is 9.60. The largest absolute Gasteiger partial charge is 0.331 e. The smallest absolute Gasteiger partial charge is 0.309 e. The van der Waals surface area contributed by atoms with E-state index in [1.807, 2.05) is 64.1 Å². The first-order valence-electron chi connectivity index (χ1n) is 12.7. The minimum absolute atomic E-state index is 0.163. The normalized spacial score (nSPS) is 14.0. The zero-order valence-corrected chi connectivity index (χ0v) is 23.7. The average Bonchev–Trinajstić information content (AvgIpc) is 2.87. The Morgan fingerprint density at radius 1 is 0.583 bits per heavy atom. The van der Waals surface area contributed by atoms with E-state index in [-0.39, 0.29) is 24.4 Å². The van der Waals surface area contributed by atoms with E-state index in [1.54, 1.807) is 0 Å². The number of rotatable bonds is 19. The maximum atomic E-state index is 13.0. The standard InChI is InChI=1S/C26H42N2O6P2/c1-5-31-35(29,32-6-2)21-19-27-25(23-15-11-9-12-16-23)26(24-17-13-10-14-18-24)28-20-22-36(30,33-7-3)34-8-4/h9-18,25-28H,5-8,19-22H2,1-4H3/t25-,26-/m1/s1. The molecular formula is C26H42N2O6P2. The van der Waals surface area contributed by atoms with Gasteiger partial charge >= 0.3 is 15.2 Å². The molecule has 2 aromatic carbocycles. The lowest BCUT2D eigenvalue weighted by Crippen LogP contribution is -2.38. The molecular weight excluding hydrogens is 498 g/mol. The Morgan fingerprint density at radius 3 is 1.17 bits per heavy atom. The van der Waals surface area contributed by atoms with Gasteiger partial charge in [0, 0.05) is 13.1 Å². The van der Waals surface area contributed by atoms with E-state index in [9.17, 15) is 9.13 Å². The molecule has 2 N–H and O–H groups in total. The molecule has 0 saturated heterocycles. The Kier molecular flexibility index (Phi) is 14.1. The molecule has 0 fully saturated rings. The van der Waals surface area contributed by atoms with Crippen molar-refractivity contribution in [1.29, 1.82) is 0 Å². The Bertz CT molecular complexity index is 850. The molecule has 2 rings (SSSR count). The third-order valence-electron chi connectivity index (χ3n) is 5.45. The highest BCUT2D eigenvalue weighted by Gasteiger charge is 2.29. The third kappa shape index (κ3) is 10.2. The van der Waals surface area contributed by atoms with Crippen LogP contribution in [0.15, 0.2) is 60.7 Å². The number of benzene rings is 2. The molecule has 0 spiro atoms. The summed E-state index contributed by atoms with van der Waals surface area (Å²) in [5, 5.41) is 7.16. The summed E-state index contributed by atoms with van der Waals surface area (Å²) in [6.45, 7) is 9.40. The van der Waals surface area contributed by atoms with Crippen molar-refractivity contribution < 1.29 is 27.2 Å². The molecule has 0 aromatic heterocycles. The van der Waals surface area contributed by atoms with Crippen LogP contribution in [0.4, 0.5) is 0 Å². The quantitative estimate of drug-likeness (QED) is 0.204. The predicted octanol–water partition coefficient (Wildman–Crippen LogP) is 6.18. The Morgan fingerprint density at radius 2 is 0.889 bits per heavy atom. The van der Waals surface area contributed by atoms with Gasteiger partial charge in [0.1, 0.15) is 0 Å². The van der Waals surface area contributed by atoms with Gasteiger partial charge in [0.2, 0.25) is 0 Å². The van der Waals surface area contributed by atoms with Crippen LogP contribution in [0.3, 0.4) is 0 Å². The van der Waals surface area contributed by atoms with Crippen LogP contribution in [0.1, 0.15) is 50.9 Å². The monoisotopic (exact) mass is 540 g/mol. The second-order valence-corrected chi connectivity index (χ2v) is 12.4. The molecule has 8 nitrogen and oxygen atoms in total. The lowest BCUT2D eigenvalue weighted by Gasteiger charge is -2.31. The molecule has 10 heteroatoms. The van der Waals surface area contributed by atoms with Crippen molar-refractivity contribution >= 4 is 15.2 Å². The zero-order valence-electron chi connectivity index (χ0n) is 21.9. The van der Waals surface area contributed by atoms with Crippen LogP contribution in [0.25, 0.3) is 0 Å². The molecule has 0 aliphatic carbocycles. The maximum absolute atomic E-state index is 13.0. The zero-order chi connectivity index (χ0) is 26.3. The van der Waals surface area contributed by atoms with Crippen LogP contribution in [0.5, 0.6) is 0 Å². The summed E-state index contributed by atoms with van der Waals surface area (Å²) in [7, 11) is -6.36. The first-order chi connectivity index (χ1) is 17.4. The molecule has 0 aliphatic rings. The summed E-state index contributed by atoms with van der Waals surface area (Å²) in [4.78, 5) is 0. The van der Waals surface area contributed by atoms with Crippen molar-refractivity contribution in [2.45, 2.75) is 39.8 Å². The topological polar surface area (TPSA) is 95.1 Å². The molecule has 0 saturated carbocycles. The first kappa shape index (κ1) is 30.9. The average molecular weight is 541 g/mol. The maximum Gasteiger partial charge on any atom is 0.331 e. The van der Waals surface area contributed by atoms with E-state index < -0.39 is 15.2 Å². The fourth-order valence-electron chi connectivity index (χ4n) is 4.01. The van der Waals surface area contributed by atoms with Crippen LogP contribution in [-0.4, -0.2) is 51.8 Å². The van der Waals surface area contributed by atoms with Crippen LogP contribution in [0, 0.1) is 0 Å². The summed E-state index contributed by atoms with van der Waals surface area (Å²) in [6, 6.07) is 19.9. The minimum Gasteiger partial charge on any atom is -0.309 e. The van der Waals surface area contributed by atoms with Gasteiger partial charge in [0.15, 0.2) is 0 Å². The van der Waals surface area contributed by atoms with Crippen LogP contribution < -0.4 is 10.6 Å². The molecule has 0 radical (unpaired) electrons. The molecule has 0 aliphatic heterocycles. The van der Waals surface area contributed by atoms with Gasteiger partial charge in [0.05, 0.1) is 50.8 Å². The Hall–Kier alpha value is -1.34. The number of hydrogen-bond donors (Lipinski definition) is 2. The summed E-state index contributed by atoms with van der Waals surface area (Å²) < 4.78 is 47.9. The molecule has 0 amide bonds. The van der Waals surface area contributed by atoms with Crippen molar-refractivity contribution in [1.82, 2.24) is 10.6 Å². The fourth-order valence-corrected chi connectivity index (χ4v) is 7.06. The lowest BCUT2D eigenvalue weighted by atomic mass is 9.93. The molecule has 2 aromatic rings. The Labute approximate surface area is 216 Å². The summed E-state index contributed by atoms with van der Waals surface area (Å²) in [6.07, 6.45) is 0.507. The fraction of sp³-hybridized carbons (Fsp3) is 0.538. The van der Waals surface area contributed by atoms with Gasteiger partial charge in [0.25, 0.3) is 0 Å². The van der Waals surface area contributed by atoms with E-state index in [0.717, 1.165) is 11.1 Å². The van der Waals surface area contributed by atoms with Crippen LogP contribution >= 0.6 is 15.2 Å². The van der Waals surface area contributed by atoms with Crippen molar-refractivity contribution in [2.75, 3.05) is 51.8 Å². The second kappa shape index (κ2) is 16.5. The summed E-state index contributed by atoms with van der Waals surface area (Å²) >= 11 is 0. The molecule has 0 heterocycles. The van der Waals surface area contributed by atoms with Gasteiger partial charge in [-0.1, -0.05) is 60.7 Å². The van der Waals surface area contributed by atoms with E-state index in [2.05, 4.69) is 34.9 Å². The van der Waals surface area contributed by atoms with E-state index in [4.69, 9.17) is 18.1 Å². The van der Waals surface area contributed by atoms with Crippen molar-refractivity contribution in [3.05, 3.63) is 71.8 Å². The highest BCUT2D eigenvalue weighted by atomic mass is 31.2. The van der Waals surface area contributed by atoms with Gasteiger partial charge in [-0.05, 0) is 38.8 Å². The van der Waals surface area contributed by atoms with Crippen molar-refractivity contribution in [3.8, 4) is 0 Å². The first-order valence-corrected chi connectivity index (χ1v) is 16.2.